The van der Waals surface area contributed by atoms with E-state index in [0.717, 1.165) is 28.2 Å². The minimum absolute atomic E-state index is 0.102. The van der Waals surface area contributed by atoms with Crippen molar-refractivity contribution in [2.24, 2.45) is 0 Å². The Hall–Kier alpha value is -1.94. The molecule has 1 atom stereocenters. The molecule has 3 nitrogen and oxygen atoms in total. The summed E-state index contributed by atoms with van der Waals surface area (Å²) in [7, 11) is 1.67. The molecule has 0 aromatic heterocycles. The topological polar surface area (TPSA) is 38.3 Å². The zero-order chi connectivity index (χ0) is 15.6. The first-order valence-electron chi connectivity index (χ1n) is 7.24. The lowest BCUT2D eigenvalue weighted by molar-refractivity contribution is -0.120. The largest absolute Gasteiger partial charge is 0.497 e. The Morgan fingerprint density at radius 1 is 1.14 bits per heavy atom. The second-order valence-electron chi connectivity index (χ2n) is 5.69. The molecule has 1 aliphatic heterocycles. The van der Waals surface area contributed by atoms with Crippen LogP contribution in [0.4, 0.5) is 0 Å². The van der Waals surface area contributed by atoms with E-state index < -0.39 is 0 Å². The number of ether oxygens (including phenoxy) is 1. The molecule has 22 heavy (non-hydrogen) atoms. The number of methoxy groups -OCH3 is 1. The van der Waals surface area contributed by atoms with Crippen LogP contribution in [-0.4, -0.2) is 24.5 Å². The molecule has 0 spiro atoms. The molecule has 1 aliphatic rings. The normalized spacial score (nSPS) is 21.3. The summed E-state index contributed by atoms with van der Waals surface area (Å²) in [4.78, 5) is 11.7. The highest BCUT2D eigenvalue weighted by Gasteiger charge is 2.32. The summed E-state index contributed by atoms with van der Waals surface area (Å²) in [6, 6.07) is 16.4. The van der Waals surface area contributed by atoms with Gasteiger partial charge in [-0.1, -0.05) is 30.3 Å². The van der Waals surface area contributed by atoms with Crippen LogP contribution in [0.2, 0.25) is 0 Å². The van der Waals surface area contributed by atoms with Crippen molar-refractivity contribution < 1.29 is 9.53 Å². The number of benzene rings is 2. The first-order valence-corrected chi connectivity index (χ1v) is 8.40. The molecule has 1 N–H and O–H groups in total. The van der Waals surface area contributed by atoms with E-state index >= 15 is 0 Å². The van der Waals surface area contributed by atoms with Gasteiger partial charge in [0.25, 0.3) is 0 Å². The highest BCUT2D eigenvalue weighted by Crippen LogP contribution is 2.32. The lowest BCUT2D eigenvalue weighted by Gasteiger charge is -2.35. The molecule has 2 aromatic rings. The van der Waals surface area contributed by atoms with Crippen LogP contribution < -0.4 is 10.1 Å². The van der Waals surface area contributed by atoms with E-state index in [1.807, 2.05) is 24.3 Å². The van der Waals surface area contributed by atoms with Gasteiger partial charge in [0.15, 0.2) is 0 Å². The summed E-state index contributed by atoms with van der Waals surface area (Å²) in [5.41, 5.74) is 3.06. The van der Waals surface area contributed by atoms with E-state index in [2.05, 4.69) is 36.5 Å². The van der Waals surface area contributed by atoms with Crippen LogP contribution in [0.25, 0.3) is 11.1 Å². The van der Waals surface area contributed by atoms with E-state index in [1.54, 1.807) is 18.9 Å². The number of amides is 1. The van der Waals surface area contributed by atoms with Gasteiger partial charge in [-0.25, -0.2) is 0 Å². The van der Waals surface area contributed by atoms with Gasteiger partial charge in [0.1, 0.15) is 5.75 Å². The van der Waals surface area contributed by atoms with E-state index in [4.69, 9.17) is 4.74 Å². The SMILES string of the molecule is COc1cccc(-c2cccc(C3(C)CSCC(=O)N3)c2)c1. The fraction of sp³-hybridized carbons (Fsp3) is 0.278. The molecule has 1 amide bonds. The third-order valence-corrected chi connectivity index (χ3v) is 5.19. The van der Waals surface area contributed by atoms with Gasteiger partial charge in [-0.3, -0.25) is 4.79 Å². The van der Waals surface area contributed by atoms with Gasteiger partial charge in [-0.15, -0.1) is 11.8 Å². The maximum Gasteiger partial charge on any atom is 0.230 e. The standard InChI is InChI=1S/C18H19NO2S/c1-18(12-22-11-17(20)19-18)15-7-3-5-13(9-15)14-6-4-8-16(10-14)21-2/h3-10H,11-12H2,1-2H3,(H,19,20). The van der Waals surface area contributed by atoms with Gasteiger partial charge >= 0.3 is 0 Å². The Morgan fingerprint density at radius 2 is 1.86 bits per heavy atom. The zero-order valence-corrected chi connectivity index (χ0v) is 13.6. The van der Waals surface area contributed by atoms with Crippen molar-refractivity contribution in [2.45, 2.75) is 12.5 Å². The molecule has 1 saturated heterocycles. The number of nitrogens with one attached hydrogen (secondary N) is 1. The predicted molar refractivity (Wildman–Crippen MR) is 91.2 cm³/mol. The van der Waals surface area contributed by atoms with Crippen LogP contribution in [-0.2, 0) is 10.3 Å². The van der Waals surface area contributed by atoms with Crippen LogP contribution in [0.15, 0.2) is 48.5 Å². The van der Waals surface area contributed by atoms with Gasteiger partial charge in [0.05, 0.1) is 18.4 Å². The molecule has 0 aliphatic carbocycles. The number of carbonyl (C=O) groups excluding carboxylic acids is 1. The van der Waals surface area contributed by atoms with E-state index in [9.17, 15) is 4.79 Å². The van der Waals surface area contributed by atoms with Gasteiger partial charge in [-0.2, -0.15) is 0 Å². The fourth-order valence-electron chi connectivity index (χ4n) is 2.73. The van der Waals surface area contributed by atoms with Crippen LogP contribution in [0.3, 0.4) is 0 Å². The predicted octanol–water partition coefficient (Wildman–Crippen LogP) is 3.44. The second-order valence-corrected chi connectivity index (χ2v) is 6.67. The summed E-state index contributed by atoms with van der Waals surface area (Å²) in [5, 5.41) is 3.13. The van der Waals surface area contributed by atoms with Crippen molar-refractivity contribution in [3.8, 4) is 16.9 Å². The molecule has 1 heterocycles. The molecule has 0 radical (unpaired) electrons. The summed E-state index contributed by atoms with van der Waals surface area (Å²) < 4.78 is 5.30. The zero-order valence-electron chi connectivity index (χ0n) is 12.8. The smallest absolute Gasteiger partial charge is 0.230 e. The Labute approximate surface area is 135 Å². The van der Waals surface area contributed by atoms with Crippen molar-refractivity contribution in [3.63, 3.8) is 0 Å². The van der Waals surface area contributed by atoms with E-state index in [1.165, 1.54) is 0 Å². The third-order valence-electron chi connectivity index (χ3n) is 3.94. The van der Waals surface area contributed by atoms with Gasteiger partial charge < -0.3 is 10.1 Å². The molecule has 4 heteroatoms. The van der Waals surface area contributed by atoms with Crippen molar-refractivity contribution in [2.75, 3.05) is 18.6 Å². The molecule has 3 rings (SSSR count). The van der Waals surface area contributed by atoms with Crippen molar-refractivity contribution in [3.05, 3.63) is 54.1 Å². The first-order chi connectivity index (χ1) is 10.6. The third kappa shape index (κ3) is 2.97. The maximum atomic E-state index is 11.7. The summed E-state index contributed by atoms with van der Waals surface area (Å²) in [6.45, 7) is 2.09. The Balaban J connectivity index is 1.97. The number of hydrogen-bond acceptors (Lipinski definition) is 3. The van der Waals surface area contributed by atoms with Gasteiger partial charge in [0.2, 0.25) is 5.91 Å². The molecule has 2 aromatic carbocycles. The first kappa shape index (κ1) is 15.0. The van der Waals surface area contributed by atoms with Gasteiger partial charge in [0, 0.05) is 5.75 Å². The summed E-state index contributed by atoms with van der Waals surface area (Å²) in [5.74, 6) is 2.38. The van der Waals surface area contributed by atoms with Crippen LogP contribution >= 0.6 is 11.8 Å². The molecule has 0 saturated carbocycles. The summed E-state index contributed by atoms with van der Waals surface area (Å²) in [6.07, 6.45) is 0. The monoisotopic (exact) mass is 313 g/mol. The number of rotatable bonds is 3. The molecule has 1 unspecified atom stereocenters. The van der Waals surface area contributed by atoms with Crippen molar-refractivity contribution in [1.29, 1.82) is 0 Å². The minimum Gasteiger partial charge on any atom is -0.497 e. The average Bonchev–Trinajstić information content (AvgIpc) is 2.55. The number of hydrogen-bond donors (Lipinski definition) is 1. The van der Waals surface area contributed by atoms with Crippen LogP contribution in [0.5, 0.6) is 5.75 Å². The van der Waals surface area contributed by atoms with E-state index in [0.29, 0.717) is 5.75 Å². The maximum absolute atomic E-state index is 11.7. The fourth-order valence-corrected chi connectivity index (χ4v) is 3.73. The molecular formula is C18H19NO2S. The van der Waals surface area contributed by atoms with E-state index in [-0.39, 0.29) is 11.4 Å². The second kappa shape index (κ2) is 6.05. The van der Waals surface area contributed by atoms with Crippen LogP contribution in [0, 0.1) is 0 Å². The molecular weight excluding hydrogens is 294 g/mol. The number of thioether (sulfide) groups is 1. The average molecular weight is 313 g/mol. The quantitative estimate of drug-likeness (QED) is 0.943. The van der Waals surface area contributed by atoms with Crippen molar-refractivity contribution in [1.82, 2.24) is 5.32 Å². The molecule has 1 fully saturated rings. The summed E-state index contributed by atoms with van der Waals surface area (Å²) >= 11 is 1.68. The molecule has 0 bridgehead atoms. The Bertz CT molecular complexity index is 701. The number of carbonyl (C=O) groups is 1. The van der Waals surface area contributed by atoms with Gasteiger partial charge in [-0.05, 0) is 41.8 Å². The Morgan fingerprint density at radius 3 is 2.59 bits per heavy atom. The molecule has 114 valence electrons. The lowest BCUT2D eigenvalue weighted by atomic mass is 9.91. The highest BCUT2D eigenvalue weighted by molar-refractivity contribution is 8.00. The minimum atomic E-state index is -0.311. The van der Waals surface area contributed by atoms with Crippen LogP contribution in [0.1, 0.15) is 12.5 Å². The Kier molecular flexibility index (Phi) is 4.12. The highest BCUT2D eigenvalue weighted by atomic mass is 32.2. The lowest BCUT2D eigenvalue weighted by Crippen LogP contribution is -2.49. The van der Waals surface area contributed by atoms with Crippen molar-refractivity contribution >= 4 is 17.7 Å².